The second kappa shape index (κ2) is 8.46. The number of carbonyl (C=O) groups excluding carboxylic acids is 1. The molecule has 0 aliphatic carbocycles. The molecule has 1 amide bonds. The summed E-state index contributed by atoms with van der Waals surface area (Å²) in [5.74, 6) is 0.252. The van der Waals surface area contributed by atoms with Crippen LogP contribution in [0.25, 0.3) is 0 Å². The predicted octanol–water partition coefficient (Wildman–Crippen LogP) is 3.54. The molecule has 0 spiro atoms. The number of anilines is 3. The Morgan fingerprint density at radius 3 is 2.60 bits per heavy atom. The topological polar surface area (TPSA) is 70.2 Å². The zero-order valence-electron chi connectivity index (χ0n) is 14.7. The summed E-state index contributed by atoms with van der Waals surface area (Å²) in [6.45, 7) is 5.07. The minimum Gasteiger partial charge on any atom is -0.372 e. The Bertz CT molecular complexity index is 695. The van der Waals surface area contributed by atoms with Gasteiger partial charge in [0.15, 0.2) is 0 Å². The summed E-state index contributed by atoms with van der Waals surface area (Å²) in [5, 5.41) is 5.99. The first-order valence-electron chi connectivity index (χ1n) is 8.99. The highest BCUT2D eigenvalue weighted by Gasteiger charge is 2.12. The first-order chi connectivity index (χ1) is 12.3. The first-order valence-corrected chi connectivity index (χ1v) is 8.99. The number of nitrogens with zero attached hydrogens (tertiary/aromatic N) is 3. The molecular formula is C19H25N5O. The molecule has 0 radical (unpaired) electrons. The Kier molecular flexibility index (Phi) is 5.82. The molecule has 2 N–H and O–H groups in total. The molecule has 1 aromatic heterocycles. The molecule has 2 heterocycles. The molecule has 0 atom stereocenters. The number of hydrogen-bond donors (Lipinski definition) is 2. The van der Waals surface area contributed by atoms with Crippen LogP contribution >= 0.6 is 0 Å². The van der Waals surface area contributed by atoms with Crippen molar-refractivity contribution in [1.29, 1.82) is 0 Å². The quantitative estimate of drug-likeness (QED) is 0.842. The van der Waals surface area contributed by atoms with Gasteiger partial charge < -0.3 is 15.5 Å². The lowest BCUT2D eigenvalue weighted by Crippen LogP contribution is -2.29. The van der Waals surface area contributed by atoms with E-state index in [9.17, 15) is 4.79 Å². The fourth-order valence-electron chi connectivity index (χ4n) is 2.91. The van der Waals surface area contributed by atoms with Crippen molar-refractivity contribution in [2.45, 2.75) is 32.6 Å². The highest BCUT2D eigenvalue weighted by atomic mass is 16.1. The summed E-state index contributed by atoms with van der Waals surface area (Å²) in [5.41, 5.74) is 2.34. The van der Waals surface area contributed by atoms with Gasteiger partial charge in [0.05, 0.1) is 0 Å². The van der Waals surface area contributed by atoms with E-state index in [1.165, 1.54) is 24.9 Å². The summed E-state index contributed by atoms with van der Waals surface area (Å²) in [4.78, 5) is 23.2. The molecule has 6 heteroatoms. The van der Waals surface area contributed by atoms with E-state index in [1.807, 2.05) is 12.1 Å². The number of rotatable bonds is 6. The molecule has 0 unspecified atom stereocenters. The van der Waals surface area contributed by atoms with Crippen molar-refractivity contribution in [1.82, 2.24) is 9.97 Å². The molecule has 132 valence electrons. The average molecular weight is 339 g/mol. The Morgan fingerprint density at radius 1 is 1.12 bits per heavy atom. The van der Waals surface area contributed by atoms with E-state index in [0.717, 1.165) is 31.7 Å². The average Bonchev–Trinajstić information content (AvgIpc) is 2.68. The normalized spacial score (nSPS) is 14.2. The van der Waals surface area contributed by atoms with E-state index in [-0.39, 0.29) is 5.91 Å². The predicted molar refractivity (Wildman–Crippen MR) is 101 cm³/mol. The van der Waals surface area contributed by atoms with Crippen molar-refractivity contribution < 1.29 is 4.79 Å². The molecule has 6 nitrogen and oxygen atoms in total. The van der Waals surface area contributed by atoms with Crippen LogP contribution in [0.3, 0.4) is 0 Å². The van der Waals surface area contributed by atoms with Crippen molar-refractivity contribution in [3.05, 3.63) is 42.2 Å². The van der Waals surface area contributed by atoms with Crippen LogP contribution in [0.5, 0.6) is 0 Å². The van der Waals surface area contributed by atoms with Gasteiger partial charge >= 0.3 is 0 Å². The molecular weight excluding hydrogens is 314 g/mol. The summed E-state index contributed by atoms with van der Waals surface area (Å²) in [6, 6.07) is 9.64. The molecule has 0 bridgehead atoms. The zero-order valence-corrected chi connectivity index (χ0v) is 14.7. The standard InChI is InChI=1S/C19H25N5O/c1-2-11-20-19-21-12-10-17(23-19)18(25)22-15-6-8-16(9-7-15)24-13-4-3-5-14-24/h6-10,12H,2-5,11,13-14H2,1H3,(H,22,25)(H,20,21,23). The first kappa shape index (κ1) is 17.2. The van der Waals surface area contributed by atoms with Crippen LogP contribution < -0.4 is 15.5 Å². The van der Waals surface area contributed by atoms with E-state index in [4.69, 9.17) is 0 Å². The lowest BCUT2D eigenvalue weighted by atomic mass is 10.1. The zero-order chi connectivity index (χ0) is 17.5. The Balaban J connectivity index is 1.62. The van der Waals surface area contributed by atoms with Crippen LogP contribution in [0.2, 0.25) is 0 Å². The minimum absolute atomic E-state index is 0.229. The SMILES string of the molecule is CCCNc1nccc(C(=O)Nc2ccc(N3CCCCC3)cc2)n1. The molecule has 3 rings (SSSR count). The molecule has 25 heavy (non-hydrogen) atoms. The third-order valence-electron chi connectivity index (χ3n) is 4.27. The van der Waals surface area contributed by atoms with Gasteiger partial charge in [-0.05, 0) is 56.0 Å². The van der Waals surface area contributed by atoms with Crippen LogP contribution in [0.15, 0.2) is 36.5 Å². The monoisotopic (exact) mass is 339 g/mol. The van der Waals surface area contributed by atoms with Crippen LogP contribution in [0.4, 0.5) is 17.3 Å². The third kappa shape index (κ3) is 4.68. The number of benzene rings is 1. The van der Waals surface area contributed by atoms with E-state index < -0.39 is 0 Å². The minimum atomic E-state index is -0.229. The van der Waals surface area contributed by atoms with Gasteiger partial charge in [0.1, 0.15) is 5.69 Å². The van der Waals surface area contributed by atoms with Crippen molar-refractivity contribution in [3.63, 3.8) is 0 Å². The van der Waals surface area contributed by atoms with Gasteiger partial charge in [-0.1, -0.05) is 6.92 Å². The van der Waals surface area contributed by atoms with Gasteiger partial charge in [0.2, 0.25) is 5.95 Å². The second-order valence-electron chi connectivity index (χ2n) is 6.24. The number of carbonyl (C=O) groups is 1. The van der Waals surface area contributed by atoms with Crippen LogP contribution in [0, 0.1) is 0 Å². The summed E-state index contributed by atoms with van der Waals surface area (Å²) in [7, 11) is 0. The van der Waals surface area contributed by atoms with E-state index in [1.54, 1.807) is 12.3 Å². The molecule has 1 aromatic carbocycles. The Morgan fingerprint density at radius 2 is 1.88 bits per heavy atom. The number of piperidine rings is 1. The fraction of sp³-hybridized carbons (Fsp3) is 0.421. The number of aromatic nitrogens is 2. The van der Waals surface area contributed by atoms with Crippen molar-refractivity contribution in [2.75, 3.05) is 35.2 Å². The van der Waals surface area contributed by atoms with Crippen molar-refractivity contribution >= 4 is 23.2 Å². The second-order valence-corrected chi connectivity index (χ2v) is 6.24. The van der Waals surface area contributed by atoms with Crippen molar-refractivity contribution in [3.8, 4) is 0 Å². The van der Waals surface area contributed by atoms with Crippen molar-refractivity contribution in [2.24, 2.45) is 0 Å². The largest absolute Gasteiger partial charge is 0.372 e. The van der Waals surface area contributed by atoms with Gasteiger partial charge in [-0.2, -0.15) is 0 Å². The Labute approximate surface area is 148 Å². The third-order valence-corrected chi connectivity index (χ3v) is 4.27. The maximum absolute atomic E-state index is 12.4. The summed E-state index contributed by atoms with van der Waals surface area (Å²) < 4.78 is 0. The van der Waals surface area contributed by atoms with E-state index in [0.29, 0.717) is 11.6 Å². The van der Waals surface area contributed by atoms with Crippen LogP contribution in [0.1, 0.15) is 43.1 Å². The van der Waals surface area contributed by atoms with Gasteiger partial charge in [-0.15, -0.1) is 0 Å². The Hall–Kier alpha value is -2.63. The highest BCUT2D eigenvalue weighted by Crippen LogP contribution is 2.22. The molecule has 2 aromatic rings. The number of hydrogen-bond acceptors (Lipinski definition) is 5. The van der Waals surface area contributed by atoms with Gasteiger partial charge in [-0.3, -0.25) is 4.79 Å². The lowest BCUT2D eigenvalue weighted by Gasteiger charge is -2.28. The number of nitrogens with one attached hydrogen (secondary N) is 2. The van der Waals surface area contributed by atoms with Gasteiger partial charge in [-0.25, -0.2) is 9.97 Å². The van der Waals surface area contributed by atoms with Gasteiger partial charge in [0.25, 0.3) is 5.91 Å². The number of amides is 1. The molecule has 1 saturated heterocycles. The molecule has 0 saturated carbocycles. The van der Waals surface area contributed by atoms with E-state index in [2.05, 4.69) is 44.6 Å². The fourth-order valence-corrected chi connectivity index (χ4v) is 2.91. The summed E-state index contributed by atoms with van der Waals surface area (Å²) in [6.07, 6.45) is 6.39. The maximum atomic E-state index is 12.4. The lowest BCUT2D eigenvalue weighted by molar-refractivity contribution is 0.102. The highest BCUT2D eigenvalue weighted by molar-refractivity contribution is 6.03. The van der Waals surface area contributed by atoms with Crippen LogP contribution in [-0.2, 0) is 0 Å². The smallest absolute Gasteiger partial charge is 0.274 e. The molecule has 1 aliphatic heterocycles. The molecule has 1 aliphatic rings. The van der Waals surface area contributed by atoms with E-state index >= 15 is 0 Å². The summed E-state index contributed by atoms with van der Waals surface area (Å²) >= 11 is 0. The molecule has 1 fully saturated rings. The van der Waals surface area contributed by atoms with Gasteiger partial charge in [0, 0.05) is 37.2 Å². The maximum Gasteiger partial charge on any atom is 0.274 e. The van der Waals surface area contributed by atoms with Crippen LogP contribution in [-0.4, -0.2) is 35.5 Å².